The number of aryl methyl sites for hydroxylation is 1. The van der Waals surface area contributed by atoms with Crippen LogP contribution in [0.5, 0.6) is 0 Å². The minimum Gasteiger partial charge on any atom is -0.340 e. The Kier molecular flexibility index (Phi) is 4.48. The fraction of sp³-hybridized carbons (Fsp3) is 0.727. The van der Waals surface area contributed by atoms with Gasteiger partial charge in [0.05, 0.1) is 6.04 Å². The van der Waals surface area contributed by atoms with Crippen LogP contribution in [0.2, 0.25) is 0 Å². The van der Waals surface area contributed by atoms with E-state index >= 15 is 0 Å². The summed E-state index contributed by atoms with van der Waals surface area (Å²) in [6.45, 7) is 10.1. The molecule has 1 aromatic heterocycles. The van der Waals surface area contributed by atoms with Crippen LogP contribution in [0.1, 0.15) is 45.5 Å². The molecule has 0 bridgehead atoms. The highest BCUT2D eigenvalue weighted by Crippen LogP contribution is 2.09. The molecule has 6 nitrogen and oxygen atoms in total. The molecule has 1 N–H and O–H groups in total. The topological polar surface area (TPSA) is 71.3 Å². The van der Waals surface area contributed by atoms with E-state index in [9.17, 15) is 4.79 Å². The molecular weight excluding hydrogens is 220 g/mol. The van der Waals surface area contributed by atoms with E-state index in [2.05, 4.69) is 15.5 Å². The van der Waals surface area contributed by atoms with E-state index in [-0.39, 0.29) is 18.1 Å². The number of hydrogen-bond acceptors (Lipinski definition) is 4. The zero-order valence-corrected chi connectivity index (χ0v) is 11.0. The second-order valence-electron chi connectivity index (χ2n) is 4.22. The van der Waals surface area contributed by atoms with Crippen molar-refractivity contribution in [2.75, 3.05) is 6.54 Å². The quantitative estimate of drug-likeness (QED) is 0.872. The van der Waals surface area contributed by atoms with Gasteiger partial charge >= 0.3 is 6.03 Å². The third-order valence-corrected chi connectivity index (χ3v) is 2.50. The van der Waals surface area contributed by atoms with Crippen molar-refractivity contribution in [3.05, 3.63) is 11.7 Å². The fourth-order valence-corrected chi connectivity index (χ4v) is 1.57. The number of rotatable bonds is 4. The van der Waals surface area contributed by atoms with E-state index < -0.39 is 0 Å². The van der Waals surface area contributed by atoms with E-state index in [0.717, 1.165) is 0 Å². The summed E-state index contributed by atoms with van der Waals surface area (Å²) in [7, 11) is 0. The Bertz CT molecular complexity index is 375. The number of urea groups is 1. The molecule has 1 aromatic rings. The van der Waals surface area contributed by atoms with Crippen molar-refractivity contribution in [3.63, 3.8) is 0 Å². The monoisotopic (exact) mass is 240 g/mol. The third kappa shape index (κ3) is 3.44. The number of amides is 2. The van der Waals surface area contributed by atoms with Crippen molar-refractivity contribution >= 4 is 6.03 Å². The molecule has 1 heterocycles. The minimum absolute atomic E-state index is 0.113. The zero-order valence-electron chi connectivity index (χ0n) is 11.0. The largest absolute Gasteiger partial charge is 0.340 e. The molecule has 0 aromatic carbocycles. The number of nitrogens with zero attached hydrogens (tertiary/aromatic N) is 3. The lowest BCUT2D eigenvalue weighted by Crippen LogP contribution is -2.44. The lowest BCUT2D eigenvalue weighted by molar-refractivity contribution is 0.183. The molecule has 96 valence electrons. The SMILES string of the molecule is CCN(C(=O)N[C@@H](C)c1noc(C)n1)C(C)C. The molecule has 2 amide bonds. The minimum atomic E-state index is -0.257. The molecule has 0 fully saturated rings. The van der Waals surface area contributed by atoms with Crippen LogP contribution in [-0.2, 0) is 0 Å². The van der Waals surface area contributed by atoms with Crippen LogP contribution >= 0.6 is 0 Å². The van der Waals surface area contributed by atoms with Gasteiger partial charge in [-0.15, -0.1) is 0 Å². The van der Waals surface area contributed by atoms with Crippen molar-refractivity contribution in [2.45, 2.75) is 46.7 Å². The maximum atomic E-state index is 11.9. The number of hydrogen-bond donors (Lipinski definition) is 1. The first kappa shape index (κ1) is 13.5. The number of carbonyl (C=O) groups excluding carboxylic acids is 1. The van der Waals surface area contributed by atoms with Gasteiger partial charge in [-0.3, -0.25) is 0 Å². The van der Waals surface area contributed by atoms with Gasteiger partial charge in [-0.2, -0.15) is 4.98 Å². The summed E-state index contributed by atoms with van der Waals surface area (Å²) in [5.41, 5.74) is 0. The summed E-state index contributed by atoms with van der Waals surface area (Å²) in [6, 6.07) is -0.204. The second kappa shape index (κ2) is 5.65. The van der Waals surface area contributed by atoms with E-state index in [0.29, 0.717) is 18.3 Å². The van der Waals surface area contributed by atoms with Crippen LogP contribution in [0.15, 0.2) is 4.52 Å². The average Bonchev–Trinajstić information content (AvgIpc) is 2.65. The molecule has 0 aliphatic heterocycles. The lowest BCUT2D eigenvalue weighted by Gasteiger charge is -2.26. The molecule has 0 spiro atoms. The molecule has 1 atom stereocenters. The van der Waals surface area contributed by atoms with Crippen molar-refractivity contribution in [1.82, 2.24) is 20.4 Å². The zero-order chi connectivity index (χ0) is 13.0. The standard InChI is InChI=1S/C11H20N4O2/c1-6-15(7(2)3)11(16)12-8(4)10-13-9(5)17-14-10/h7-8H,6H2,1-5H3,(H,12,16)/t8-/m0/s1. The van der Waals surface area contributed by atoms with E-state index in [4.69, 9.17) is 4.52 Å². The van der Waals surface area contributed by atoms with Crippen LogP contribution in [0.25, 0.3) is 0 Å². The van der Waals surface area contributed by atoms with E-state index in [1.54, 1.807) is 11.8 Å². The highest BCUT2D eigenvalue weighted by atomic mass is 16.5. The number of aromatic nitrogens is 2. The van der Waals surface area contributed by atoms with Crippen molar-refractivity contribution < 1.29 is 9.32 Å². The Labute approximate surface area is 101 Å². The van der Waals surface area contributed by atoms with Crippen molar-refractivity contribution in [2.24, 2.45) is 0 Å². The molecule has 0 radical (unpaired) electrons. The van der Waals surface area contributed by atoms with Crippen LogP contribution in [-0.4, -0.2) is 33.7 Å². The maximum Gasteiger partial charge on any atom is 0.318 e. The highest BCUT2D eigenvalue weighted by molar-refractivity contribution is 5.74. The van der Waals surface area contributed by atoms with Crippen LogP contribution in [0.4, 0.5) is 4.79 Å². The van der Waals surface area contributed by atoms with Crippen LogP contribution in [0, 0.1) is 6.92 Å². The Hall–Kier alpha value is -1.59. The highest BCUT2D eigenvalue weighted by Gasteiger charge is 2.19. The van der Waals surface area contributed by atoms with Gasteiger partial charge in [0.1, 0.15) is 0 Å². The molecule has 17 heavy (non-hydrogen) atoms. The summed E-state index contributed by atoms with van der Waals surface area (Å²) in [6.07, 6.45) is 0. The summed E-state index contributed by atoms with van der Waals surface area (Å²) in [5.74, 6) is 0.993. The first-order chi connectivity index (χ1) is 7.95. The predicted octanol–water partition coefficient (Wildman–Crippen LogP) is 1.88. The molecule has 0 unspecified atom stereocenters. The maximum absolute atomic E-state index is 11.9. The molecule has 1 rings (SSSR count). The summed E-state index contributed by atoms with van der Waals surface area (Å²) in [4.78, 5) is 17.8. The van der Waals surface area contributed by atoms with Gasteiger partial charge in [0.15, 0.2) is 5.82 Å². The molecule has 0 aliphatic carbocycles. The van der Waals surface area contributed by atoms with Crippen LogP contribution < -0.4 is 5.32 Å². The van der Waals surface area contributed by atoms with Crippen LogP contribution in [0.3, 0.4) is 0 Å². The number of carbonyl (C=O) groups is 1. The van der Waals surface area contributed by atoms with E-state index in [1.807, 2.05) is 27.7 Å². The van der Waals surface area contributed by atoms with Crippen molar-refractivity contribution in [3.8, 4) is 0 Å². The molecule has 6 heteroatoms. The third-order valence-electron chi connectivity index (χ3n) is 2.50. The molecule has 0 saturated heterocycles. The van der Waals surface area contributed by atoms with E-state index in [1.165, 1.54) is 0 Å². The Morgan fingerprint density at radius 3 is 2.53 bits per heavy atom. The Morgan fingerprint density at radius 1 is 1.47 bits per heavy atom. The van der Waals surface area contributed by atoms with Crippen molar-refractivity contribution in [1.29, 1.82) is 0 Å². The molecule has 0 saturated carbocycles. The molecule has 0 aliphatic rings. The van der Waals surface area contributed by atoms with Gasteiger partial charge in [-0.25, -0.2) is 4.79 Å². The van der Waals surface area contributed by atoms with Gasteiger partial charge in [0, 0.05) is 19.5 Å². The second-order valence-corrected chi connectivity index (χ2v) is 4.22. The van der Waals surface area contributed by atoms with Gasteiger partial charge in [-0.1, -0.05) is 5.16 Å². The number of nitrogens with one attached hydrogen (secondary N) is 1. The average molecular weight is 240 g/mol. The fourth-order valence-electron chi connectivity index (χ4n) is 1.57. The van der Waals surface area contributed by atoms with Gasteiger partial charge in [0.25, 0.3) is 0 Å². The first-order valence-corrected chi connectivity index (χ1v) is 5.83. The summed E-state index contributed by atoms with van der Waals surface area (Å²) < 4.78 is 4.88. The predicted molar refractivity (Wildman–Crippen MR) is 63.5 cm³/mol. The van der Waals surface area contributed by atoms with Gasteiger partial charge < -0.3 is 14.7 Å². The lowest BCUT2D eigenvalue weighted by atomic mass is 10.3. The summed E-state index contributed by atoms with van der Waals surface area (Å²) in [5, 5.41) is 6.62. The van der Waals surface area contributed by atoms with Gasteiger partial charge in [-0.05, 0) is 27.7 Å². The summed E-state index contributed by atoms with van der Waals surface area (Å²) >= 11 is 0. The first-order valence-electron chi connectivity index (χ1n) is 5.83. The normalized spacial score (nSPS) is 12.6. The Morgan fingerprint density at radius 2 is 2.12 bits per heavy atom. The van der Waals surface area contributed by atoms with Gasteiger partial charge in [0.2, 0.25) is 5.89 Å². The smallest absolute Gasteiger partial charge is 0.318 e. The molecular formula is C11H20N4O2. The Balaban J connectivity index is 2.62.